The number of benzene rings is 2. The van der Waals surface area contributed by atoms with Gasteiger partial charge in [0.2, 0.25) is 10.0 Å². The number of carbonyl (C=O) groups excluding carboxylic acids is 1. The first-order chi connectivity index (χ1) is 14.4. The van der Waals surface area contributed by atoms with Crippen LogP contribution in [0.2, 0.25) is 0 Å². The summed E-state index contributed by atoms with van der Waals surface area (Å²) < 4.78 is 32.2. The SMILES string of the molecule is CS(=O)(=O)N[C@@H]1CCN(C(=O)N2CCC2)[C@@H]1Cc1ccc(Oc2ccccc2)cc1. The highest BCUT2D eigenvalue weighted by Gasteiger charge is 2.40. The first-order valence-electron chi connectivity index (χ1n) is 10.2. The van der Waals surface area contributed by atoms with Crippen LogP contribution in [0, 0.1) is 0 Å². The molecule has 0 radical (unpaired) electrons. The molecule has 160 valence electrons. The smallest absolute Gasteiger partial charge is 0.320 e. The van der Waals surface area contributed by atoms with Crippen LogP contribution in [0.3, 0.4) is 0 Å². The summed E-state index contributed by atoms with van der Waals surface area (Å²) in [7, 11) is -3.36. The van der Waals surface area contributed by atoms with Crippen molar-refractivity contribution in [3.8, 4) is 11.5 Å². The minimum absolute atomic E-state index is 0.00748. The van der Waals surface area contributed by atoms with E-state index in [1.807, 2.05) is 64.4 Å². The summed E-state index contributed by atoms with van der Waals surface area (Å²) in [6.07, 6.45) is 3.39. The molecule has 2 aliphatic rings. The zero-order chi connectivity index (χ0) is 21.1. The Labute approximate surface area is 177 Å². The zero-order valence-electron chi connectivity index (χ0n) is 17.0. The minimum atomic E-state index is -3.36. The Kier molecular flexibility index (Phi) is 5.97. The summed E-state index contributed by atoms with van der Waals surface area (Å²) in [5.41, 5.74) is 1.03. The number of likely N-dealkylation sites (tertiary alicyclic amines) is 2. The van der Waals surface area contributed by atoms with Gasteiger partial charge in [0.15, 0.2) is 0 Å². The van der Waals surface area contributed by atoms with Gasteiger partial charge in [-0.2, -0.15) is 0 Å². The summed E-state index contributed by atoms with van der Waals surface area (Å²) >= 11 is 0. The van der Waals surface area contributed by atoms with Crippen LogP contribution in [-0.2, 0) is 16.4 Å². The molecule has 0 spiro atoms. The largest absolute Gasteiger partial charge is 0.457 e. The van der Waals surface area contributed by atoms with Crippen molar-refractivity contribution in [1.29, 1.82) is 0 Å². The molecule has 2 amide bonds. The van der Waals surface area contributed by atoms with Crippen LogP contribution in [0.4, 0.5) is 4.79 Å². The normalized spacial score (nSPS) is 21.4. The third-order valence-corrected chi connectivity index (χ3v) is 6.36. The van der Waals surface area contributed by atoms with E-state index in [2.05, 4.69) is 4.72 Å². The Morgan fingerprint density at radius 1 is 1.03 bits per heavy atom. The lowest BCUT2D eigenvalue weighted by Crippen LogP contribution is -2.54. The monoisotopic (exact) mass is 429 g/mol. The number of sulfonamides is 1. The van der Waals surface area contributed by atoms with E-state index in [-0.39, 0.29) is 18.1 Å². The van der Waals surface area contributed by atoms with Crippen LogP contribution in [-0.4, -0.2) is 62.2 Å². The van der Waals surface area contributed by atoms with Crippen molar-refractivity contribution in [2.75, 3.05) is 25.9 Å². The van der Waals surface area contributed by atoms with Gasteiger partial charge in [0.05, 0.1) is 12.3 Å². The molecule has 2 atom stereocenters. The highest BCUT2D eigenvalue weighted by atomic mass is 32.2. The van der Waals surface area contributed by atoms with Gasteiger partial charge < -0.3 is 14.5 Å². The lowest BCUT2D eigenvalue weighted by Gasteiger charge is -2.37. The quantitative estimate of drug-likeness (QED) is 0.766. The van der Waals surface area contributed by atoms with Crippen molar-refractivity contribution >= 4 is 16.1 Å². The number of hydrogen-bond donors (Lipinski definition) is 1. The maximum Gasteiger partial charge on any atom is 0.320 e. The lowest BCUT2D eigenvalue weighted by atomic mass is 10.0. The fraction of sp³-hybridized carbons (Fsp3) is 0.409. The van der Waals surface area contributed by atoms with Gasteiger partial charge in [-0.25, -0.2) is 17.9 Å². The molecule has 2 heterocycles. The maximum absolute atomic E-state index is 12.9. The van der Waals surface area contributed by atoms with Crippen LogP contribution in [0.1, 0.15) is 18.4 Å². The van der Waals surface area contributed by atoms with E-state index in [0.717, 1.165) is 36.6 Å². The van der Waals surface area contributed by atoms with E-state index in [4.69, 9.17) is 4.74 Å². The van der Waals surface area contributed by atoms with E-state index < -0.39 is 10.0 Å². The summed E-state index contributed by atoms with van der Waals surface area (Å²) in [6.45, 7) is 2.11. The molecule has 0 saturated carbocycles. The van der Waals surface area contributed by atoms with Gasteiger partial charge in [-0.05, 0) is 49.1 Å². The summed E-state index contributed by atoms with van der Waals surface area (Å²) in [5, 5.41) is 0. The molecule has 30 heavy (non-hydrogen) atoms. The summed E-state index contributed by atoms with van der Waals surface area (Å²) in [5.74, 6) is 1.50. The maximum atomic E-state index is 12.9. The van der Waals surface area contributed by atoms with Crippen LogP contribution < -0.4 is 9.46 Å². The van der Waals surface area contributed by atoms with Gasteiger partial charge in [-0.1, -0.05) is 30.3 Å². The second-order valence-electron chi connectivity index (χ2n) is 7.93. The molecule has 8 heteroatoms. The van der Waals surface area contributed by atoms with E-state index in [1.165, 1.54) is 6.26 Å². The molecule has 0 bridgehead atoms. The standard InChI is InChI=1S/C22H27N3O4S/c1-30(27,28)23-20-12-15-25(22(26)24-13-5-14-24)21(20)16-17-8-10-19(11-9-17)29-18-6-3-2-4-7-18/h2-4,6-11,20-21,23H,5,12-16H2,1H3/t20-,21-/m1/s1. The number of hydrogen-bond acceptors (Lipinski definition) is 4. The molecule has 1 N–H and O–H groups in total. The average molecular weight is 430 g/mol. The third-order valence-electron chi connectivity index (χ3n) is 5.63. The summed E-state index contributed by atoms with van der Waals surface area (Å²) in [4.78, 5) is 16.5. The number of nitrogens with one attached hydrogen (secondary N) is 1. The molecule has 7 nitrogen and oxygen atoms in total. The number of amides is 2. The highest BCUT2D eigenvalue weighted by molar-refractivity contribution is 7.88. The van der Waals surface area contributed by atoms with Crippen LogP contribution >= 0.6 is 0 Å². The van der Waals surface area contributed by atoms with Gasteiger partial charge in [-0.3, -0.25) is 0 Å². The van der Waals surface area contributed by atoms with Crippen molar-refractivity contribution in [2.45, 2.75) is 31.3 Å². The molecule has 2 aromatic carbocycles. The van der Waals surface area contributed by atoms with E-state index in [0.29, 0.717) is 19.4 Å². The fourth-order valence-electron chi connectivity index (χ4n) is 4.00. The van der Waals surface area contributed by atoms with Crippen LogP contribution in [0.5, 0.6) is 11.5 Å². The molecule has 0 aromatic heterocycles. The topological polar surface area (TPSA) is 79.0 Å². The van der Waals surface area contributed by atoms with Crippen molar-refractivity contribution in [1.82, 2.24) is 14.5 Å². The number of ether oxygens (including phenoxy) is 1. The zero-order valence-corrected chi connectivity index (χ0v) is 17.8. The molecule has 0 aliphatic carbocycles. The number of nitrogens with zero attached hydrogens (tertiary/aromatic N) is 2. The molecule has 4 rings (SSSR count). The van der Waals surface area contributed by atoms with Crippen molar-refractivity contribution < 1.29 is 17.9 Å². The number of urea groups is 1. The second-order valence-corrected chi connectivity index (χ2v) is 9.71. The molecule has 2 aliphatic heterocycles. The molecule has 2 fully saturated rings. The second kappa shape index (κ2) is 8.65. The number of para-hydroxylation sites is 1. The Morgan fingerprint density at radius 3 is 2.30 bits per heavy atom. The van der Waals surface area contributed by atoms with Gasteiger partial charge in [0, 0.05) is 25.7 Å². The summed E-state index contributed by atoms with van der Waals surface area (Å²) in [6, 6.07) is 16.8. The first kappa shape index (κ1) is 20.7. The average Bonchev–Trinajstić information content (AvgIpc) is 3.03. The van der Waals surface area contributed by atoms with Crippen LogP contribution in [0.25, 0.3) is 0 Å². The first-order valence-corrected chi connectivity index (χ1v) is 12.1. The van der Waals surface area contributed by atoms with Gasteiger partial charge in [-0.15, -0.1) is 0 Å². The lowest BCUT2D eigenvalue weighted by molar-refractivity contribution is 0.120. The molecular formula is C22H27N3O4S. The van der Waals surface area contributed by atoms with Crippen molar-refractivity contribution in [2.24, 2.45) is 0 Å². The number of rotatable bonds is 6. The number of carbonyl (C=O) groups is 1. The Balaban J connectivity index is 1.48. The predicted molar refractivity (Wildman–Crippen MR) is 115 cm³/mol. The Bertz CT molecular complexity index is 975. The van der Waals surface area contributed by atoms with E-state index in [9.17, 15) is 13.2 Å². The fourth-order valence-corrected chi connectivity index (χ4v) is 4.83. The Hall–Kier alpha value is -2.58. The van der Waals surface area contributed by atoms with Crippen molar-refractivity contribution in [3.05, 3.63) is 60.2 Å². The minimum Gasteiger partial charge on any atom is -0.457 e. The van der Waals surface area contributed by atoms with E-state index >= 15 is 0 Å². The van der Waals surface area contributed by atoms with E-state index in [1.54, 1.807) is 0 Å². The third kappa shape index (κ3) is 4.94. The van der Waals surface area contributed by atoms with Gasteiger partial charge in [0.25, 0.3) is 0 Å². The molecular weight excluding hydrogens is 402 g/mol. The van der Waals surface area contributed by atoms with Crippen LogP contribution in [0.15, 0.2) is 54.6 Å². The highest BCUT2D eigenvalue weighted by Crippen LogP contribution is 2.27. The Morgan fingerprint density at radius 2 is 1.70 bits per heavy atom. The molecule has 2 aromatic rings. The molecule has 2 saturated heterocycles. The van der Waals surface area contributed by atoms with Gasteiger partial charge >= 0.3 is 6.03 Å². The van der Waals surface area contributed by atoms with Gasteiger partial charge in [0.1, 0.15) is 11.5 Å². The molecule has 0 unspecified atom stereocenters. The van der Waals surface area contributed by atoms with Crippen molar-refractivity contribution in [3.63, 3.8) is 0 Å². The predicted octanol–water partition coefficient (Wildman–Crippen LogP) is 2.84.